The van der Waals surface area contributed by atoms with Crippen LogP contribution in [0, 0.1) is 0 Å². The molecule has 2 aromatic rings. The Morgan fingerprint density at radius 3 is 2.39 bits per heavy atom. The lowest BCUT2D eigenvalue weighted by Gasteiger charge is -2.31. The summed E-state index contributed by atoms with van der Waals surface area (Å²) < 4.78 is 5.14. The molecule has 2 unspecified atom stereocenters. The van der Waals surface area contributed by atoms with E-state index >= 15 is 0 Å². The molecule has 3 N–H and O–H groups in total. The van der Waals surface area contributed by atoms with Gasteiger partial charge in [-0.1, -0.05) is 30.3 Å². The molecular weight excluding hydrogens is 420 g/mol. The van der Waals surface area contributed by atoms with Gasteiger partial charge in [0.05, 0.1) is 7.11 Å². The van der Waals surface area contributed by atoms with Gasteiger partial charge in [-0.3, -0.25) is 14.4 Å². The van der Waals surface area contributed by atoms with Crippen LogP contribution in [0.25, 0.3) is 0 Å². The Kier molecular flexibility index (Phi) is 7.24. The third kappa shape index (κ3) is 5.34. The molecule has 8 heteroatoms. The van der Waals surface area contributed by atoms with E-state index in [2.05, 4.69) is 16.0 Å². The molecule has 8 nitrogen and oxygen atoms in total. The average Bonchev–Trinajstić information content (AvgIpc) is 3.23. The zero-order valence-corrected chi connectivity index (χ0v) is 18.8. The molecule has 2 atom stereocenters. The van der Waals surface area contributed by atoms with Crippen molar-refractivity contribution in [2.24, 2.45) is 0 Å². The summed E-state index contributed by atoms with van der Waals surface area (Å²) in [6.07, 6.45) is 2.43. The fraction of sp³-hybridized carbons (Fsp3) is 0.400. The van der Waals surface area contributed by atoms with Crippen LogP contribution in [0.4, 0.5) is 0 Å². The topological polar surface area (TPSA) is 99.8 Å². The molecule has 4 rings (SSSR count). The summed E-state index contributed by atoms with van der Waals surface area (Å²) in [5.74, 6) is -0.171. The molecule has 0 spiro atoms. The highest BCUT2D eigenvalue weighted by Gasteiger charge is 2.38. The molecular formula is C25H30N4O4. The SMILES string of the molecule is COc1ccc(C(=O)NC(C(=O)NC2CCN(C3CCNCC3)C2=O)c2ccccc2)cc1. The fourth-order valence-corrected chi connectivity index (χ4v) is 4.47. The summed E-state index contributed by atoms with van der Waals surface area (Å²) in [5, 5.41) is 9.03. The predicted octanol–water partition coefficient (Wildman–Crippen LogP) is 1.64. The first-order chi connectivity index (χ1) is 16.1. The molecule has 2 heterocycles. The number of carbonyl (C=O) groups excluding carboxylic acids is 3. The Labute approximate surface area is 193 Å². The Morgan fingerprint density at radius 1 is 1.03 bits per heavy atom. The van der Waals surface area contributed by atoms with Crippen molar-refractivity contribution in [2.75, 3.05) is 26.7 Å². The van der Waals surface area contributed by atoms with Crippen LogP contribution in [0.1, 0.15) is 41.2 Å². The maximum Gasteiger partial charge on any atom is 0.252 e. The Balaban J connectivity index is 1.46. The van der Waals surface area contributed by atoms with E-state index in [0.717, 1.165) is 25.9 Å². The van der Waals surface area contributed by atoms with Gasteiger partial charge in [0.2, 0.25) is 11.8 Å². The first kappa shape index (κ1) is 22.8. The minimum Gasteiger partial charge on any atom is -0.497 e. The van der Waals surface area contributed by atoms with Crippen LogP contribution in [0.5, 0.6) is 5.75 Å². The lowest BCUT2D eigenvalue weighted by molar-refractivity contribution is -0.135. The number of carbonyl (C=O) groups is 3. The van der Waals surface area contributed by atoms with E-state index in [1.165, 1.54) is 0 Å². The number of methoxy groups -OCH3 is 1. The molecule has 2 aliphatic heterocycles. The molecule has 0 aromatic heterocycles. The van der Waals surface area contributed by atoms with Gasteiger partial charge in [0.15, 0.2) is 0 Å². The predicted molar refractivity (Wildman–Crippen MR) is 124 cm³/mol. The number of amides is 3. The normalized spacial score (nSPS) is 19.7. The van der Waals surface area contributed by atoms with Gasteiger partial charge in [-0.05, 0) is 62.2 Å². The number of benzene rings is 2. The monoisotopic (exact) mass is 450 g/mol. The van der Waals surface area contributed by atoms with E-state index in [4.69, 9.17) is 4.74 Å². The second kappa shape index (κ2) is 10.5. The van der Waals surface area contributed by atoms with Gasteiger partial charge in [-0.2, -0.15) is 0 Å². The molecule has 0 bridgehead atoms. The van der Waals surface area contributed by atoms with Crippen LogP contribution in [0.15, 0.2) is 54.6 Å². The van der Waals surface area contributed by atoms with Crippen molar-refractivity contribution in [2.45, 2.75) is 37.4 Å². The lowest BCUT2D eigenvalue weighted by Crippen LogP contribution is -2.50. The smallest absolute Gasteiger partial charge is 0.252 e. The van der Waals surface area contributed by atoms with E-state index in [0.29, 0.717) is 29.8 Å². The van der Waals surface area contributed by atoms with Crippen LogP contribution < -0.4 is 20.7 Å². The van der Waals surface area contributed by atoms with Crippen LogP contribution in [0.3, 0.4) is 0 Å². The van der Waals surface area contributed by atoms with Crippen molar-refractivity contribution in [1.29, 1.82) is 0 Å². The van der Waals surface area contributed by atoms with Crippen molar-refractivity contribution < 1.29 is 19.1 Å². The Morgan fingerprint density at radius 2 is 1.73 bits per heavy atom. The Bertz CT molecular complexity index is 974. The molecule has 2 aromatic carbocycles. The highest BCUT2D eigenvalue weighted by molar-refractivity contribution is 5.99. The number of nitrogens with zero attached hydrogens (tertiary/aromatic N) is 1. The number of likely N-dealkylation sites (tertiary alicyclic amines) is 1. The van der Waals surface area contributed by atoms with Crippen molar-refractivity contribution in [1.82, 2.24) is 20.9 Å². The summed E-state index contributed by atoms with van der Waals surface area (Å²) in [6.45, 7) is 2.44. The van der Waals surface area contributed by atoms with Gasteiger partial charge in [0.1, 0.15) is 17.8 Å². The zero-order valence-electron chi connectivity index (χ0n) is 18.8. The highest BCUT2D eigenvalue weighted by atomic mass is 16.5. The molecule has 3 amide bonds. The molecule has 2 saturated heterocycles. The zero-order chi connectivity index (χ0) is 23.2. The number of hydrogen-bond acceptors (Lipinski definition) is 5. The minimum atomic E-state index is -0.915. The standard InChI is InChI=1S/C25H30N4O4/c1-33-20-9-7-18(8-10-20)23(30)28-22(17-5-3-2-4-6-17)24(31)27-21-13-16-29(25(21)32)19-11-14-26-15-12-19/h2-10,19,21-22,26H,11-16H2,1H3,(H,27,31)(H,28,30). The van der Waals surface area contributed by atoms with Gasteiger partial charge in [0, 0.05) is 18.2 Å². The largest absolute Gasteiger partial charge is 0.497 e. The van der Waals surface area contributed by atoms with Crippen LogP contribution in [-0.2, 0) is 9.59 Å². The van der Waals surface area contributed by atoms with E-state index in [1.54, 1.807) is 43.5 Å². The van der Waals surface area contributed by atoms with Crippen molar-refractivity contribution in [3.63, 3.8) is 0 Å². The summed E-state index contributed by atoms with van der Waals surface area (Å²) in [7, 11) is 1.56. The number of ether oxygens (including phenoxy) is 1. The van der Waals surface area contributed by atoms with E-state index in [-0.39, 0.29) is 17.9 Å². The minimum absolute atomic E-state index is 0.0384. The quantitative estimate of drug-likeness (QED) is 0.596. The third-order valence-electron chi connectivity index (χ3n) is 6.33. The van der Waals surface area contributed by atoms with E-state index < -0.39 is 18.0 Å². The van der Waals surface area contributed by atoms with Gasteiger partial charge in [0.25, 0.3) is 5.91 Å². The second-order valence-electron chi connectivity index (χ2n) is 8.41. The summed E-state index contributed by atoms with van der Waals surface area (Å²) in [5.41, 5.74) is 1.07. The lowest BCUT2D eigenvalue weighted by atomic mass is 10.0. The first-order valence-corrected chi connectivity index (χ1v) is 11.4. The number of hydrogen-bond donors (Lipinski definition) is 3. The van der Waals surface area contributed by atoms with Gasteiger partial charge in [-0.25, -0.2) is 0 Å². The summed E-state index contributed by atoms with van der Waals surface area (Å²) in [4.78, 5) is 41.0. The second-order valence-corrected chi connectivity index (χ2v) is 8.41. The third-order valence-corrected chi connectivity index (χ3v) is 6.33. The number of rotatable bonds is 7. The molecule has 174 valence electrons. The maximum absolute atomic E-state index is 13.3. The van der Waals surface area contributed by atoms with E-state index in [1.807, 2.05) is 23.1 Å². The van der Waals surface area contributed by atoms with Gasteiger partial charge >= 0.3 is 0 Å². The van der Waals surface area contributed by atoms with Crippen molar-refractivity contribution in [3.05, 3.63) is 65.7 Å². The van der Waals surface area contributed by atoms with Crippen molar-refractivity contribution >= 4 is 17.7 Å². The molecule has 0 aliphatic carbocycles. The summed E-state index contributed by atoms with van der Waals surface area (Å²) in [6, 6.07) is 14.5. The fourth-order valence-electron chi connectivity index (χ4n) is 4.47. The maximum atomic E-state index is 13.3. The molecule has 2 aliphatic rings. The highest BCUT2D eigenvalue weighted by Crippen LogP contribution is 2.22. The number of piperidine rings is 1. The van der Waals surface area contributed by atoms with Crippen molar-refractivity contribution in [3.8, 4) is 5.75 Å². The van der Waals surface area contributed by atoms with Gasteiger partial charge in [-0.15, -0.1) is 0 Å². The first-order valence-electron chi connectivity index (χ1n) is 11.4. The van der Waals surface area contributed by atoms with Crippen LogP contribution >= 0.6 is 0 Å². The molecule has 33 heavy (non-hydrogen) atoms. The Hall–Kier alpha value is -3.39. The van der Waals surface area contributed by atoms with Gasteiger partial charge < -0.3 is 25.6 Å². The average molecular weight is 451 g/mol. The molecule has 0 saturated carbocycles. The molecule has 0 radical (unpaired) electrons. The molecule has 2 fully saturated rings. The number of nitrogens with one attached hydrogen (secondary N) is 3. The van der Waals surface area contributed by atoms with E-state index in [9.17, 15) is 14.4 Å². The van der Waals surface area contributed by atoms with Crippen LogP contribution in [0.2, 0.25) is 0 Å². The summed E-state index contributed by atoms with van der Waals surface area (Å²) >= 11 is 0. The van der Waals surface area contributed by atoms with Crippen LogP contribution in [-0.4, -0.2) is 61.4 Å².